The molecule has 0 saturated heterocycles. The van der Waals surface area contributed by atoms with Gasteiger partial charge >= 0.3 is 44.2 Å². The molecule has 0 aromatic rings. The SMILES string of the molecule is N.N.OB(O)O.OB(O)O.[NaH]. The molecule has 0 rings (SSSR count). The van der Waals surface area contributed by atoms with Crippen molar-refractivity contribution in [2.45, 2.75) is 0 Å². The van der Waals surface area contributed by atoms with Crippen molar-refractivity contribution in [1.82, 2.24) is 12.3 Å². The van der Waals surface area contributed by atoms with Crippen LogP contribution in [0.2, 0.25) is 0 Å². The van der Waals surface area contributed by atoms with Gasteiger partial charge in [0.25, 0.3) is 0 Å². The third-order valence-electron chi connectivity index (χ3n) is 0. The van der Waals surface area contributed by atoms with Crippen LogP contribution < -0.4 is 12.3 Å². The second-order valence-corrected chi connectivity index (χ2v) is 0.693. The van der Waals surface area contributed by atoms with Crippen molar-refractivity contribution in [1.29, 1.82) is 0 Å². The van der Waals surface area contributed by atoms with Crippen LogP contribution in [-0.4, -0.2) is 74.3 Å². The van der Waals surface area contributed by atoms with Crippen LogP contribution in [0.4, 0.5) is 0 Å². The van der Waals surface area contributed by atoms with Crippen molar-refractivity contribution in [3.8, 4) is 0 Å². The van der Waals surface area contributed by atoms with E-state index >= 15 is 0 Å². The molecule has 0 aliphatic heterocycles. The average Bonchev–Trinajstić information content (AvgIpc) is 1.25. The minimum absolute atomic E-state index is 0. The molecule has 11 heavy (non-hydrogen) atoms. The Kier molecular flexibility index (Phi) is 60.7. The minimum atomic E-state index is -2.17. The summed E-state index contributed by atoms with van der Waals surface area (Å²) in [6, 6.07) is 0. The fraction of sp³-hybridized carbons (Fsp3) is 0. The zero-order valence-electron chi connectivity index (χ0n) is 5.25. The predicted octanol–water partition coefficient (Wildman–Crippen LogP) is -4.43. The van der Waals surface area contributed by atoms with E-state index in [-0.39, 0.29) is 41.9 Å². The average molecular weight is 182 g/mol. The molecule has 0 spiro atoms. The van der Waals surface area contributed by atoms with Crippen molar-refractivity contribution >= 4 is 44.2 Å². The van der Waals surface area contributed by atoms with Gasteiger partial charge in [0.2, 0.25) is 0 Å². The fourth-order valence-corrected chi connectivity index (χ4v) is 0. The molecule has 0 saturated carbocycles. The summed E-state index contributed by atoms with van der Waals surface area (Å²) in [6.07, 6.45) is 0. The van der Waals surface area contributed by atoms with E-state index in [9.17, 15) is 0 Å². The number of rotatable bonds is 0. The van der Waals surface area contributed by atoms with E-state index in [2.05, 4.69) is 0 Å². The van der Waals surface area contributed by atoms with Crippen molar-refractivity contribution in [2.24, 2.45) is 0 Å². The molecule has 0 atom stereocenters. The maximum atomic E-state index is 7.17. The third-order valence-corrected chi connectivity index (χ3v) is 0. The Balaban J connectivity index is -0.0000000171. The maximum absolute atomic E-state index is 7.17. The van der Waals surface area contributed by atoms with Crippen molar-refractivity contribution in [2.75, 3.05) is 0 Å². The molecule has 8 nitrogen and oxygen atoms in total. The van der Waals surface area contributed by atoms with Crippen molar-refractivity contribution < 1.29 is 30.1 Å². The van der Waals surface area contributed by atoms with E-state index in [1.54, 1.807) is 0 Å². The topological polar surface area (TPSA) is 191 Å². The molecule has 0 aliphatic carbocycles. The zero-order chi connectivity index (χ0) is 7.15. The van der Waals surface area contributed by atoms with Gasteiger partial charge in [-0.25, -0.2) is 0 Å². The van der Waals surface area contributed by atoms with Crippen LogP contribution >= 0.6 is 0 Å². The number of hydrogen-bond acceptors (Lipinski definition) is 8. The van der Waals surface area contributed by atoms with E-state index in [1.807, 2.05) is 0 Å². The first kappa shape index (κ1) is 29.8. The Morgan fingerprint density at radius 1 is 0.545 bits per heavy atom. The van der Waals surface area contributed by atoms with Crippen LogP contribution in [0.25, 0.3) is 0 Å². The number of hydrogen-bond donors (Lipinski definition) is 8. The second-order valence-electron chi connectivity index (χ2n) is 0.693. The van der Waals surface area contributed by atoms with Gasteiger partial charge < -0.3 is 42.4 Å². The summed E-state index contributed by atoms with van der Waals surface area (Å²) in [5.41, 5.74) is 0. The summed E-state index contributed by atoms with van der Waals surface area (Å²) in [7, 11) is -4.33. The van der Waals surface area contributed by atoms with E-state index in [0.717, 1.165) is 0 Å². The predicted molar refractivity (Wildman–Crippen MR) is 42.0 cm³/mol. The molecule has 11 heteroatoms. The fourth-order valence-electron chi connectivity index (χ4n) is 0. The molecule has 0 amide bonds. The first-order valence-corrected chi connectivity index (χ1v) is 1.55. The first-order valence-electron chi connectivity index (χ1n) is 1.55. The summed E-state index contributed by atoms with van der Waals surface area (Å²) in [4.78, 5) is 0. The molecule has 0 aromatic heterocycles. The van der Waals surface area contributed by atoms with Gasteiger partial charge in [0.05, 0.1) is 0 Å². The Morgan fingerprint density at radius 2 is 0.545 bits per heavy atom. The van der Waals surface area contributed by atoms with Gasteiger partial charge in [-0.15, -0.1) is 0 Å². The molecular weight excluding hydrogens is 169 g/mol. The summed E-state index contributed by atoms with van der Waals surface area (Å²) in [6.45, 7) is 0. The summed E-state index contributed by atoms with van der Waals surface area (Å²) in [5, 5.41) is 43.0. The third kappa shape index (κ3) is 1280. The monoisotopic (exact) mass is 182 g/mol. The van der Waals surface area contributed by atoms with E-state index in [0.29, 0.717) is 0 Å². The van der Waals surface area contributed by atoms with Gasteiger partial charge in [-0.05, 0) is 0 Å². The van der Waals surface area contributed by atoms with Crippen LogP contribution in [0.15, 0.2) is 0 Å². The van der Waals surface area contributed by atoms with Gasteiger partial charge in [-0.3, -0.25) is 0 Å². The van der Waals surface area contributed by atoms with Crippen molar-refractivity contribution in [3.05, 3.63) is 0 Å². The van der Waals surface area contributed by atoms with Crippen LogP contribution in [0.3, 0.4) is 0 Å². The molecule has 66 valence electrons. The van der Waals surface area contributed by atoms with Gasteiger partial charge in [0.15, 0.2) is 0 Å². The summed E-state index contributed by atoms with van der Waals surface area (Å²) in [5.74, 6) is 0. The van der Waals surface area contributed by atoms with Crippen LogP contribution in [-0.2, 0) is 0 Å². The molecule has 0 radical (unpaired) electrons. The van der Waals surface area contributed by atoms with Crippen LogP contribution in [0.1, 0.15) is 0 Å². The normalized spacial score (nSPS) is 4.91. The van der Waals surface area contributed by atoms with E-state index in [1.165, 1.54) is 0 Å². The van der Waals surface area contributed by atoms with E-state index in [4.69, 9.17) is 30.1 Å². The Labute approximate surface area is 86.7 Å². The Hall–Kier alpha value is 0.810. The Bertz CT molecular complexity index is 34.1. The first-order chi connectivity index (χ1) is 3.46. The standard InChI is InChI=1S/2BH3O3.2H3N.Na.H/c2*2-1(3)4;;;;/h2*2-4H;2*1H3;;. The van der Waals surface area contributed by atoms with Crippen LogP contribution in [0.5, 0.6) is 0 Å². The van der Waals surface area contributed by atoms with Crippen molar-refractivity contribution in [3.63, 3.8) is 0 Å². The zero-order valence-corrected chi connectivity index (χ0v) is 5.25. The second kappa shape index (κ2) is 22.4. The van der Waals surface area contributed by atoms with E-state index < -0.39 is 14.6 Å². The van der Waals surface area contributed by atoms with Gasteiger partial charge in [0, 0.05) is 0 Å². The van der Waals surface area contributed by atoms with Gasteiger partial charge in [-0.2, -0.15) is 0 Å². The molecule has 0 heterocycles. The molecule has 0 unspecified atom stereocenters. The van der Waals surface area contributed by atoms with Gasteiger partial charge in [-0.1, -0.05) is 0 Å². The summed E-state index contributed by atoms with van der Waals surface area (Å²) < 4.78 is 0. The van der Waals surface area contributed by atoms with Gasteiger partial charge in [0.1, 0.15) is 0 Å². The quantitative estimate of drug-likeness (QED) is 0.172. The van der Waals surface area contributed by atoms with Crippen LogP contribution in [0, 0.1) is 0 Å². The Morgan fingerprint density at radius 3 is 0.545 bits per heavy atom. The molecule has 12 N–H and O–H groups in total. The molecule has 0 fully saturated rings. The molecule has 0 bridgehead atoms. The molecule has 0 aromatic carbocycles. The molecular formula is H13B2N2NaO6. The summed E-state index contributed by atoms with van der Waals surface area (Å²) >= 11 is 0. The molecule has 0 aliphatic rings.